The van der Waals surface area contributed by atoms with E-state index in [1.54, 1.807) is 0 Å². The molecule has 2 atom stereocenters. The van der Waals surface area contributed by atoms with Crippen molar-refractivity contribution in [3.05, 3.63) is 71.8 Å². The van der Waals surface area contributed by atoms with E-state index in [0.717, 1.165) is 11.1 Å². The van der Waals surface area contributed by atoms with Crippen LogP contribution in [0.5, 0.6) is 0 Å². The summed E-state index contributed by atoms with van der Waals surface area (Å²) in [6, 6.07) is 17.9. The highest BCUT2D eigenvalue weighted by Gasteiger charge is 2.38. The monoisotopic (exact) mass is 468 g/mol. The third-order valence-electron chi connectivity index (χ3n) is 7.13. The van der Waals surface area contributed by atoms with E-state index in [-0.39, 0.29) is 0 Å². The van der Waals surface area contributed by atoms with Crippen LogP contribution >= 0.6 is 0 Å². The smallest absolute Gasteiger partial charge is 0.309 e. The van der Waals surface area contributed by atoms with Gasteiger partial charge in [0, 0.05) is 0 Å². The highest BCUT2D eigenvalue weighted by atomic mass is 16.3. The van der Waals surface area contributed by atoms with Crippen molar-refractivity contribution in [3.63, 3.8) is 0 Å². The van der Waals surface area contributed by atoms with Crippen LogP contribution < -0.4 is 10.6 Å². The first-order valence-corrected chi connectivity index (χ1v) is 12.3. The van der Waals surface area contributed by atoms with Gasteiger partial charge in [-0.3, -0.25) is 9.59 Å². The summed E-state index contributed by atoms with van der Waals surface area (Å²) < 4.78 is 0. The number of amides is 2. The molecule has 2 aromatic rings. The summed E-state index contributed by atoms with van der Waals surface area (Å²) in [6.07, 6.45) is 2.55. The van der Waals surface area contributed by atoms with Crippen LogP contribution in [0.25, 0.3) is 0 Å². The van der Waals surface area contributed by atoms with E-state index >= 15 is 0 Å². The van der Waals surface area contributed by atoms with E-state index in [1.165, 1.54) is 0 Å². The van der Waals surface area contributed by atoms with Crippen molar-refractivity contribution in [2.45, 2.75) is 89.5 Å². The number of benzene rings is 2. The molecular weight excluding hydrogens is 428 g/mol. The van der Waals surface area contributed by atoms with Gasteiger partial charge in [0.1, 0.15) is 0 Å². The second-order valence-electron chi connectivity index (χ2n) is 9.05. The lowest BCUT2D eigenvalue weighted by Crippen LogP contribution is -2.59. The molecule has 6 heteroatoms. The van der Waals surface area contributed by atoms with Crippen LogP contribution in [0.4, 0.5) is 0 Å². The third-order valence-corrected chi connectivity index (χ3v) is 7.13. The van der Waals surface area contributed by atoms with E-state index in [1.807, 2.05) is 88.4 Å². The Morgan fingerprint density at radius 1 is 0.647 bits per heavy atom. The standard InChI is InChI=1S/C28H40N2O4/c1-5-27(33,6-2)23(19-21-15-11-9-12-16-21)29-25(31)26(32)30-24(28(34,7-3)8-4)20-22-17-13-10-14-18-22/h9-18,23-24,33-34H,5-8,19-20H2,1-4H3,(H,29,31)(H,30,32). The fraction of sp³-hybridized carbons (Fsp3) is 0.500. The average Bonchev–Trinajstić information content (AvgIpc) is 2.88. The SMILES string of the molecule is CCC(O)(CC)C(Cc1ccccc1)NC(=O)C(=O)NC(Cc1ccccc1)C(O)(CC)CC. The van der Waals surface area contributed by atoms with Gasteiger partial charge in [0.05, 0.1) is 23.3 Å². The Hall–Kier alpha value is -2.70. The molecule has 34 heavy (non-hydrogen) atoms. The minimum Gasteiger partial charge on any atom is -0.388 e. The summed E-state index contributed by atoms with van der Waals surface area (Å²) in [5, 5.41) is 27.9. The first-order chi connectivity index (χ1) is 16.2. The lowest BCUT2D eigenvalue weighted by atomic mass is 9.84. The third kappa shape index (κ3) is 7.15. The Balaban J connectivity index is 2.21. The van der Waals surface area contributed by atoms with Crippen molar-refractivity contribution in [2.75, 3.05) is 0 Å². The maximum absolute atomic E-state index is 13.0. The topological polar surface area (TPSA) is 98.7 Å². The highest BCUT2D eigenvalue weighted by molar-refractivity contribution is 6.35. The van der Waals surface area contributed by atoms with Crippen LogP contribution in [0.1, 0.15) is 64.5 Å². The summed E-state index contributed by atoms with van der Waals surface area (Å²) in [6.45, 7) is 7.47. The molecule has 2 aromatic carbocycles. The maximum Gasteiger partial charge on any atom is 0.309 e. The number of hydrogen-bond acceptors (Lipinski definition) is 4. The molecule has 0 aliphatic heterocycles. The van der Waals surface area contributed by atoms with Gasteiger partial charge in [-0.05, 0) is 49.7 Å². The minimum atomic E-state index is -1.15. The second-order valence-corrected chi connectivity index (χ2v) is 9.05. The molecule has 0 aliphatic rings. The number of carbonyl (C=O) groups is 2. The molecule has 2 rings (SSSR count). The van der Waals surface area contributed by atoms with Gasteiger partial charge in [-0.2, -0.15) is 0 Å². The zero-order valence-corrected chi connectivity index (χ0v) is 20.9. The minimum absolute atomic E-state index is 0.402. The van der Waals surface area contributed by atoms with E-state index in [4.69, 9.17) is 0 Å². The Morgan fingerprint density at radius 3 is 1.21 bits per heavy atom. The van der Waals surface area contributed by atoms with Gasteiger partial charge in [0.15, 0.2) is 0 Å². The number of nitrogens with one attached hydrogen (secondary N) is 2. The molecule has 0 saturated carbocycles. The number of carbonyl (C=O) groups excluding carboxylic acids is 2. The Kier molecular flexibility index (Phi) is 10.3. The largest absolute Gasteiger partial charge is 0.388 e. The van der Waals surface area contributed by atoms with Crippen LogP contribution in [0.3, 0.4) is 0 Å². The van der Waals surface area contributed by atoms with Gasteiger partial charge in [-0.25, -0.2) is 0 Å². The van der Waals surface area contributed by atoms with Gasteiger partial charge in [0.2, 0.25) is 0 Å². The van der Waals surface area contributed by atoms with Gasteiger partial charge in [0.25, 0.3) is 0 Å². The summed E-state index contributed by atoms with van der Waals surface area (Å²) >= 11 is 0. The van der Waals surface area contributed by atoms with Gasteiger partial charge in [-0.1, -0.05) is 88.4 Å². The number of rotatable bonds is 12. The molecule has 0 heterocycles. The van der Waals surface area contributed by atoms with Crippen molar-refractivity contribution in [3.8, 4) is 0 Å². The number of hydrogen-bond donors (Lipinski definition) is 4. The quantitative estimate of drug-likeness (QED) is 0.358. The van der Waals surface area contributed by atoms with Crippen molar-refractivity contribution in [1.82, 2.24) is 10.6 Å². The van der Waals surface area contributed by atoms with Crippen LogP contribution in [0, 0.1) is 0 Å². The van der Waals surface area contributed by atoms with Crippen molar-refractivity contribution in [2.24, 2.45) is 0 Å². The summed E-state index contributed by atoms with van der Waals surface area (Å²) in [7, 11) is 0. The molecule has 0 bridgehead atoms. The Morgan fingerprint density at radius 2 is 0.941 bits per heavy atom. The van der Waals surface area contributed by atoms with Crippen LogP contribution in [-0.4, -0.2) is 45.3 Å². The molecule has 2 amide bonds. The van der Waals surface area contributed by atoms with Crippen LogP contribution in [0.2, 0.25) is 0 Å². The molecule has 0 fully saturated rings. The highest BCUT2D eigenvalue weighted by Crippen LogP contribution is 2.24. The fourth-order valence-corrected chi connectivity index (χ4v) is 4.38. The molecule has 6 nitrogen and oxygen atoms in total. The predicted molar refractivity (Wildman–Crippen MR) is 135 cm³/mol. The molecule has 0 spiro atoms. The second kappa shape index (κ2) is 12.7. The normalized spacial score (nSPS) is 13.7. The average molecular weight is 469 g/mol. The first kappa shape index (κ1) is 27.5. The summed E-state index contributed by atoms with van der Waals surface area (Å²) in [5.41, 5.74) is -0.380. The maximum atomic E-state index is 13.0. The predicted octanol–water partition coefficient (Wildman–Crippen LogP) is 3.54. The van der Waals surface area contributed by atoms with Crippen molar-refractivity contribution in [1.29, 1.82) is 0 Å². The zero-order chi connectivity index (χ0) is 25.2. The van der Waals surface area contributed by atoms with E-state index in [0.29, 0.717) is 38.5 Å². The van der Waals surface area contributed by atoms with Crippen LogP contribution in [0.15, 0.2) is 60.7 Å². The van der Waals surface area contributed by atoms with Gasteiger partial charge in [-0.15, -0.1) is 0 Å². The molecule has 186 valence electrons. The Labute approximate surface area is 203 Å². The fourth-order valence-electron chi connectivity index (χ4n) is 4.38. The number of aliphatic hydroxyl groups is 2. The van der Waals surface area contributed by atoms with E-state index < -0.39 is 35.1 Å². The lowest BCUT2D eigenvalue weighted by Gasteiger charge is -2.37. The molecule has 0 aliphatic carbocycles. The van der Waals surface area contributed by atoms with E-state index in [9.17, 15) is 19.8 Å². The zero-order valence-electron chi connectivity index (χ0n) is 20.9. The van der Waals surface area contributed by atoms with Gasteiger partial charge >= 0.3 is 11.8 Å². The summed E-state index contributed by atoms with van der Waals surface area (Å²) in [5.74, 6) is -1.62. The van der Waals surface area contributed by atoms with Crippen molar-refractivity contribution >= 4 is 11.8 Å². The Bertz CT molecular complexity index is 818. The molecular formula is C28H40N2O4. The molecule has 0 saturated heterocycles. The molecule has 4 N–H and O–H groups in total. The lowest BCUT2D eigenvalue weighted by molar-refractivity contribution is -0.142. The van der Waals surface area contributed by atoms with Gasteiger partial charge < -0.3 is 20.8 Å². The molecule has 0 radical (unpaired) electrons. The molecule has 0 aromatic heterocycles. The summed E-state index contributed by atoms with van der Waals surface area (Å²) in [4.78, 5) is 26.0. The molecule has 2 unspecified atom stereocenters. The first-order valence-electron chi connectivity index (χ1n) is 12.3. The van der Waals surface area contributed by atoms with Crippen molar-refractivity contribution < 1.29 is 19.8 Å². The van der Waals surface area contributed by atoms with E-state index in [2.05, 4.69) is 10.6 Å². The van der Waals surface area contributed by atoms with Crippen LogP contribution in [-0.2, 0) is 22.4 Å².